The van der Waals surface area contributed by atoms with Crippen LogP contribution in [0.5, 0.6) is 5.75 Å². The average Bonchev–Trinajstić information content (AvgIpc) is 2.45. The van der Waals surface area contributed by atoms with Gasteiger partial charge in [-0.3, -0.25) is 9.69 Å². The van der Waals surface area contributed by atoms with Crippen molar-refractivity contribution in [1.82, 2.24) is 4.90 Å². The highest BCUT2D eigenvalue weighted by atomic mass is 16.5. The summed E-state index contributed by atoms with van der Waals surface area (Å²) in [6.07, 6.45) is -0.0247. The number of nitrogen functional groups attached to an aromatic ring is 1. The molecule has 0 saturated carbocycles. The van der Waals surface area contributed by atoms with Crippen molar-refractivity contribution < 1.29 is 14.3 Å². The molecule has 1 aliphatic rings. The molecule has 1 aromatic carbocycles. The maximum absolute atomic E-state index is 11.4. The van der Waals surface area contributed by atoms with Gasteiger partial charge in [-0.25, -0.2) is 0 Å². The van der Waals surface area contributed by atoms with E-state index in [9.17, 15) is 4.79 Å². The number of hydrogen-bond donors (Lipinski definition) is 2. The SMILES string of the molecule is CC(C)N1CCOC(COc2cc(N)ccc2C(N)=O)C1. The summed E-state index contributed by atoms with van der Waals surface area (Å²) in [6.45, 7) is 7.11. The Morgan fingerprint density at radius 3 is 2.95 bits per heavy atom. The summed E-state index contributed by atoms with van der Waals surface area (Å²) in [5.41, 5.74) is 11.9. The van der Waals surface area contributed by atoms with E-state index in [1.807, 2.05) is 0 Å². The molecule has 1 unspecified atom stereocenters. The summed E-state index contributed by atoms with van der Waals surface area (Å²) in [7, 11) is 0. The second-order valence-electron chi connectivity index (χ2n) is 5.51. The predicted molar refractivity (Wildman–Crippen MR) is 81.3 cm³/mol. The zero-order chi connectivity index (χ0) is 15.4. The number of rotatable bonds is 5. The first kappa shape index (κ1) is 15.6. The first-order valence-electron chi connectivity index (χ1n) is 7.15. The second kappa shape index (κ2) is 6.78. The van der Waals surface area contributed by atoms with E-state index in [-0.39, 0.29) is 6.10 Å². The molecule has 2 rings (SSSR count). The van der Waals surface area contributed by atoms with E-state index in [2.05, 4.69) is 18.7 Å². The Morgan fingerprint density at radius 2 is 2.29 bits per heavy atom. The van der Waals surface area contributed by atoms with Crippen LogP contribution in [-0.4, -0.2) is 49.3 Å². The molecule has 1 amide bonds. The summed E-state index contributed by atoms with van der Waals surface area (Å²) in [6, 6.07) is 5.30. The fraction of sp³-hybridized carbons (Fsp3) is 0.533. The lowest BCUT2D eigenvalue weighted by molar-refractivity contribution is -0.0565. The van der Waals surface area contributed by atoms with E-state index in [4.69, 9.17) is 20.9 Å². The van der Waals surface area contributed by atoms with Gasteiger partial charge in [0.1, 0.15) is 18.5 Å². The summed E-state index contributed by atoms with van der Waals surface area (Å²) < 4.78 is 11.4. The first-order valence-corrected chi connectivity index (χ1v) is 7.15. The quantitative estimate of drug-likeness (QED) is 0.786. The minimum absolute atomic E-state index is 0.0247. The third-order valence-electron chi connectivity index (χ3n) is 3.60. The number of carbonyl (C=O) groups excluding carboxylic acids is 1. The van der Waals surface area contributed by atoms with Crippen LogP contribution < -0.4 is 16.2 Å². The molecule has 21 heavy (non-hydrogen) atoms. The van der Waals surface area contributed by atoms with E-state index >= 15 is 0 Å². The van der Waals surface area contributed by atoms with E-state index in [1.54, 1.807) is 18.2 Å². The Bertz CT molecular complexity index is 505. The number of carbonyl (C=O) groups is 1. The highest BCUT2D eigenvalue weighted by molar-refractivity contribution is 5.96. The van der Waals surface area contributed by atoms with Crippen molar-refractivity contribution in [2.24, 2.45) is 5.73 Å². The van der Waals surface area contributed by atoms with E-state index < -0.39 is 5.91 Å². The number of primary amides is 1. The predicted octanol–water partition coefficient (Wildman–Crippen LogP) is 0.856. The van der Waals surface area contributed by atoms with Crippen LogP contribution in [0.1, 0.15) is 24.2 Å². The molecule has 0 radical (unpaired) electrons. The van der Waals surface area contributed by atoms with Crippen molar-refractivity contribution in [2.45, 2.75) is 26.0 Å². The van der Waals surface area contributed by atoms with Gasteiger partial charge in [-0.1, -0.05) is 0 Å². The van der Waals surface area contributed by atoms with Crippen molar-refractivity contribution in [3.8, 4) is 5.75 Å². The van der Waals surface area contributed by atoms with Gasteiger partial charge in [-0.05, 0) is 26.0 Å². The van der Waals surface area contributed by atoms with Gasteiger partial charge in [-0.15, -0.1) is 0 Å². The van der Waals surface area contributed by atoms with Crippen molar-refractivity contribution in [1.29, 1.82) is 0 Å². The third kappa shape index (κ3) is 4.09. The number of nitrogens with zero attached hydrogens (tertiary/aromatic N) is 1. The highest BCUT2D eigenvalue weighted by Gasteiger charge is 2.23. The van der Waals surface area contributed by atoms with Gasteiger partial charge >= 0.3 is 0 Å². The van der Waals surface area contributed by atoms with E-state index in [0.29, 0.717) is 36.3 Å². The normalized spacial score (nSPS) is 19.7. The molecule has 1 aliphatic heterocycles. The van der Waals surface area contributed by atoms with Gasteiger partial charge in [0.05, 0.1) is 12.2 Å². The monoisotopic (exact) mass is 293 g/mol. The highest BCUT2D eigenvalue weighted by Crippen LogP contribution is 2.22. The maximum Gasteiger partial charge on any atom is 0.252 e. The summed E-state index contributed by atoms with van der Waals surface area (Å²) in [4.78, 5) is 13.7. The summed E-state index contributed by atoms with van der Waals surface area (Å²) >= 11 is 0. The molecule has 0 aromatic heterocycles. The van der Waals surface area contributed by atoms with Crippen LogP contribution in [0.2, 0.25) is 0 Å². The topological polar surface area (TPSA) is 90.8 Å². The molecule has 1 saturated heterocycles. The Kier molecular flexibility index (Phi) is 5.03. The number of anilines is 1. The molecule has 6 nitrogen and oxygen atoms in total. The van der Waals surface area contributed by atoms with E-state index in [1.165, 1.54) is 0 Å². The van der Waals surface area contributed by atoms with Crippen molar-refractivity contribution >= 4 is 11.6 Å². The number of hydrogen-bond acceptors (Lipinski definition) is 5. The minimum Gasteiger partial charge on any atom is -0.490 e. The van der Waals surface area contributed by atoms with Gasteiger partial charge in [0, 0.05) is 30.9 Å². The zero-order valence-corrected chi connectivity index (χ0v) is 12.5. The fourth-order valence-electron chi connectivity index (χ4n) is 2.36. The molecule has 116 valence electrons. The number of nitrogens with two attached hydrogens (primary N) is 2. The minimum atomic E-state index is -0.529. The Labute approximate surface area is 125 Å². The second-order valence-corrected chi connectivity index (χ2v) is 5.51. The first-order chi connectivity index (χ1) is 9.97. The van der Waals surface area contributed by atoms with Crippen molar-refractivity contribution in [3.05, 3.63) is 23.8 Å². The van der Waals surface area contributed by atoms with Gasteiger partial charge in [-0.2, -0.15) is 0 Å². The van der Waals surface area contributed by atoms with Gasteiger partial charge in [0.25, 0.3) is 5.91 Å². The van der Waals surface area contributed by atoms with Crippen LogP contribution in [0.25, 0.3) is 0 Å². The molecule has 0 bridgehead atoms. The number of benzene rings is 1. The maximum atomic E-state index is 11.4. The Balaban J connectivity index is 1.99. The zero-order valence-electron chi connectivity index (χ0n) is 12.5. The van der Waals surface area contributed by atoms with Gasteiger partial charge < -0.3 is 20.9 Å². The van der Waals surface area contributed by atoms with Crippen molar-refractivity contribution in [2.75, 3.05) is 32.0 Å². The molecule has 1 aromatic rings. The van der Waals surface area contributed by atoms with Crippen LogP contribution in [0.3, 0.4) is 0 Å². The van der Waals surface area contributed by atoms with Crippen LogP contribution in [0.15, 0.2) is 18.2 Å². The summed E-state index contributed by atoms with van der Waals surface area (Å²) in [5, 5.41) is 0. The molecule has 0 aliphatic carbocycles. The standard InChI is InChI=1S/C15H23N3O3/c1-10(2)18-5-6-20-12(8-18)9-21-14-7-11(16)3-4-13(14)15(17)19/h3-4,7,10,12H,5-6,8-9,16H2,1-2H3,(H2,17,19). The lowest BCUT2D eigenvalue weighted by Gasteiger charge is -2.35. The van der Waals surface area contributed by atoms with Crippen LogP contribution >= 0.6 is 0 Å². The molecule has 1 atom stereocenters. The molecule has 4 N–H and O–H groups in total. The third-order valence-corrected chi connectivity index (χ3v) is 3.60. The van der Waals surface area contributed by atoms with Crippen LogP contribution in [-0.2, 0) is 4.74 Å². The average molecular weight is 293 g/mol. The smallest absolute Gasteiger partial charge is 0.252 e. The lowest BCUT2D eigenvalue weighted by atomic mass is 10.1. The number of amides is 1. The molecular formula is C15H23N3O3. The summed E-state index contributed by atoms with van der Waals surface area (Å²) in [5.74, 6) is -0.119. The largest absolute Gasteiger partial charge is 0.490 e. The molecular weight excluding hydrogens is 270 g/mol. The molecule has 1 fully saturated rings. The van der Waals surface area contributed by atoms with Crippen molar-refractivity contribution in [3.63, 3.8) is 0 Å². The lowest BCUT2D eigenvalue weighted by Crippen LogP contribution is -2.47. The van der Waals surface area contributed by atoms with Gasteiger partial charge in [0.2, 0.25) is 0 Å². The number of morpholine rings is 1. The van der Waals surface area contributed by atoms with Crippen LogP contribution in [0, 0.1) is 0 Å². The molecule has 0 spiro atoms. The Hall–Kier alpha value is -1.79. The molecule has 6 heteroatoms. The van der Waals surface area contributed by atoms with E-state index in [0.717, 1.165) is 13.1 Å². The number of ether oxygens (including phenoxy) is 2. The Morgan fingerprint density at radius 1 is 1.52 bits per heavy atom. The van der Waals surface area contributed by atoms with Gasteiger partial charge in [0.15, 0.2) is 0 Å². The fourth-order valence-corrected chi connectivity index (χ4v) is 2.36. The van der Waals surface area contributed by atoms with Crippen LogP contribution in [0.4, 0.5) is 5.69 Å². The molecule has 1 heterocycles.